The monoisotopic (exact) mass is 438 g/mol. The van der Waals surface area contributed by atoms with Crippen LogP contribution in [0.15, 0.2) is 34.8 Å². The highest BCUT2D eigenvalue weighted by molar-refractivity contribution is 7.92. The maximum absolute atomic E-state index is 12.2. The van der Waals surface area contributed by atoms with E-state index in [0.29, 0.717) is 16.5 Å². The lowest BCUT2D eigenvalue weighted by Gasteiger charge is -2.03. The van der Waals surface area contributed by atoms with Crippen LogP contribution >= 0.6 is 22.7 Å². The van der Waals surface area contributed by atoms with Gasteiger partial charge in [-0.1, -0.05) is 17.4 Å². The zero-order chi connectivity index (χ0) is 20.3. The minimum atomic E-state index is -3.94. The Bertz CT molecular complexity index is 1190. The van der Waals surface area contributed by atoms with Crippen LogP contribution in [0.25, 0.3) is 10.2 Å². The second-order valence-corrected chi connectivity index (χ2v) is 9.99. The van der Waals surface area contributed by atoms with E-state index in [1.165, 1.54) is 28.9 Å². The standard InChI is InChI=1S/C17H18N4O4S3/c1-3-21-12-5-4-11(2)8-13(12)27-17(21)20-15(23)10-28(24,25)9-14(22)19-16-18-6-7-26-16/h4-8H,3,9-10H2,1-2H3,(H,18,19,22). The average molecular weight is 439 g/mol. The Morgan fingerprint density at radius 3 is 2.75 bits per heavy atom. The number of rotatable bonds is 6. The van der Waals surface area contributed by atoms with E-state index in [1.54, 1.807) is 5.38 Å². The number of nitrogens with one attached hydrogen (secondary N) is 1. The highest BCUT2D eigenvalue weighted by Crippen LogP contribution is 2.18. The number of carbonyl (C=O) groups excluding carboxylic acids is 2. The molecule has 148 valence electrons. The summed E-state index contributed by atoms with van der Waals surface area (Å²) >= 11 is 2.50. The molecular weight excluding hydrogens is 420 g/mol. The molecule has 2 amide bonds. The molecule has 2 heterocycles. The van der Waals surface area contributed by atoms with E-state index in [4.69, 9.17) is 0 Å². The fourth-order valence-electron chi connectivity index (χ4n) is 2.59. The van der Waals surface area contributed by atoms with Crippen LogP contribution < -0.4 is 10.1 Å². The summed E-state index contributed by atoms with van der Waals surface area (Å²) < 4.78 is 27.2. The van der Waals surface area contributed by atoms with Crippen LogP contribution in [-0.2, 0) is 26.0 Å². The third kappa shape index (κ3) is 4.91. The van der Waals surface area contributed by atoms with Crippen LogP contribution in [0.1, 0.15) is 12.5 Å². The number of anilines is 1. The summed E-state index contributed by atoms with van der Waals surface area (Å²) in [5.74, 6) is -3.15. The summed E-state index contributed by atoms with van der Waals surface area (Å²) in [5, 5.41) is 4.35. The molecule has 1 aromatic carbocycles. The van der Waals surface area contributed by atoms with Crippen LogP contribution in [0.5, 0.6) is 0 Å². The first-order valence-corrected chi connectivity index (χ1v) is 11.9. The number of carbonyl (C=O) groups is 2. The number of sulfone groups is 1. The van der Waals surface area contributed by atoms with E-state index in [9.17, 15) is 18.0 Å². The maximum Gasteiger partial charge on any atom is 0.263 e. The molecule has 3 aromatic rings. The Labute approximate surface area is 169 Å². The maximum atomic E-state index is 12.2. The molecule has 0 aliphatic heterocycles. The average Bonchev–Trinajstić information content (AvgIpc) is 3.19. The summed E-state index contributed by atoms with van der Waals surface area (Å²) in [5.41, 5.74) is 2.03. The predicted octanol–water partition coefficient (Wildman–Crippen LogP) is 1.97. The zero-order valence-electron chi connectivity index (χ0n) is 15.2. The molecule has 11 heteroatoms. The van der Waals surface area contributed by atoms with Gasteiger partial charge in [-0.3, -0.25) is 9.59 Å². The van der Waals surface area contributed by atoms with Gasteiger partial charge in [-0.05, 0) is 31.5 Å². The Morgan fingerprint density at radius 1 is 1.29 bits per heavy atom. The first-order chi connectivity index (χ1) is 13.3. The zero-order valence-corrected chi connectivity index (χ0v) is 17.7. The van der Waals surface area contributed by atoms with Gasteiger partial charge in [-0.15, -0.1) is 11.3 Å². The smallest absolute Gasteiger partial charge is 0.263 e. The number of hydrogen-bond acceptors (Lipinski definition) is 7. The molecule has 0 radical (unpaired) electrons. The van der Waals surface area contributed by atoms with Crippen molar-refractivity contribution in [3.8, 4) is 0 Å². The van der Waals surface area contributed by atoms with Crippen LogP contribution in [0.2, 0.25) is 0 Å². The molecule has 0 unspecified atom stereocenters. The van der Waals surface area contributed by atoms with E-state index < -0.39 is 33.2 Å². The van der Waals surface area contributed by atoms with Gasteiger partial charge in [0.15, 0.2) is 19.8 Å². The number of hydrogen-bond donors (Lipinski definition) is 1. The fourth-order valence-corrected chi connectivity index (χ4v) is 5.36. The molecule has 0 fully saturated rings. The van der Waals surface area contributed by atoms with Crippen LogP contribution in [0.3, 0.4) is 0 Å². The molecule has 1 N–H and O–H groups in total. The number of thiazole rings is 2. The predicted molar refractivity (Wildman–Crippen MR) is 110 cm³/mol. The lowest BCUT2D eigenvalue weighted by atomic mass is 10.2. The number of aromatic nitrogens is 2. The number of aryl methyl sites for hydroxylation is 2. The normalized spacial score (nSPS) is 12.4. The van der Waals surface area contributed by atoms with Gasteiger partial charge in [0.2, 0.25) is 5.91 Å². The van der Waals surface area contributed by atoms with Gasteiger partial charge in [0, 0.05) is 18.1 Å². The van der Waals surface area contributed by atoms with Gasteiger partial charge in [0.05, 0.1) is 10.2 Å². The van der Waals surface area contributed by atoms with Crippen molar-refractivity contribution in [3.05, 3.63) is 40.1 Å². The third-order valence-corrected chi connectivity index (χ3v) is 6.87. The van der Waals surface area contributed by atoms with Gasteiger partial charge in [0.25, 0.3) is 5.91 Å². The van der Waals surface area contributed by atoms with Crippen molar-refractivity contribution in [3.63, 3.8) is 0 Å². The van der Waals surface area contributed by atoms with Crippen molar-refractivity contribution in [2.75, 3.05) is 16.8 Å². The molecule has 0 aliphatic rings. The lowest BCUT2D eigenvalue weighted by molar-refractivity contribution is -0.115. The summed E-state index contributed by atoms with van der Waals surface area (Å²) in [4.78, 5) is 32.4. The summed E-state index contributed by atoms with van der Waals surface area (Å²) in [6.45, 7) is 4.49. The fraction of sp³-hybridized carbons (Fsp3) is 0.294. The quantitative estimate of drug-likeness (QED) is 0.633. The van der Waals surface area contributed by atoms with E-state index in [2.05, 4.69) is 15.3 Å². The number of fused-ring (bicyclic) bond motifs is 1. The van der Waals surface area contributed by atoms with Gasteiger partial charge in [-0.25, -0.2) is 13.4 Å². The minimum Gasteiger partial charge on any atom is -0.317 e. The molecule has 0 atom stereocenters. The van der Waals surface area contributed by atoms with Crippen LogP contribution in [-0.4, -0.2) is 41.3 Å². The molecule has 0 saturated carbocycles. The summed E-state index contributed by atoms with van der Waals surface area (Å²) in [7, 11) is -3.94. The van der Waals surface area contributed by atoms with Gasteiger partial charge in [0.1, 0.15) is 11.5 Å². The second-order valence-electron chi connectivity index (χ2n) is 6.02. The number of nitrogens with zero attached hydrogens (tertiary/aromatic N) is 3. The third-order valence-electron chi connectivity index (χ3n) is 3.75. The first kappa shape index (κ1) is 20.4. The molecular formula is C17H18N4O4S3. The molecule has 28 heavy (non-hydrogen) atoms. The Hall–Kier alpha value is -2.37. The molecule has 0 spiro atoms. The molecule has 8 nitrogen and oxygen atoms in total. The Balaban J connectivity index is 1.77. The second kappa shape index (κ2) is 8.33. The van der Waals surface area contributed by atoms with Crippen molar-refractivity contribution < 1.29 is 18.0 Å². The van der Waals surface area contributed by atoms with Crippen molar-refractivity contribution in [2.45, 2.75) is 20.4 Å². The molecule has 0 saturated heterocycles. The minimum absolute atomic E-state index is 0.306. The van der Waals surface area contributed by atoms with E-state index in [0.717, 1.165) is 15.8 Å². The van der Waals surface area contributed by atoms with Gasteiger partial charge >= 0.3 is 0 Å². The lowest BCUT2D eigenvalue weighted by Crippen LogP contribution is -2.28. The molecule has 3 rings (SSSR count). The summed E-state index contributed by atoms with van der Waals surface area (Å²) in [6, 6.07) is 5.92. The number of amides is 2. The van der Waals surface area contributed by atoms with E-state index in [-0.39, 0.29) is 0 Å². The highest BCUT2D eigenvalue weighted by atomic mass is 32.2. The van der Waals surface area contributed by atoms with Crippen molar-refractivity contribution in [2.24, 2.45) is 4.99 Å². The first-order valence-electron chi connectivity index (χ1n) is 8.35. The van der Waals surface area contributed by atoms with E-state index in [1.807, 2.05) is 36.6 Å². The topological polar surface area (TPSA) is 110 Å². The van der Waals surface area contributed by atoms with Crippen molar-refractivity contribution in [1.82, 2.24) is 9.55 Å². The van der Waals surface area contributed by atoms with Crippen molar-refractivity contribution in [1.29, 1.82) is 0 Å². The molecule has 0 aliphatic carbocycles. The molecule has 2 aromatic heterocycles. The summed E-state index contributed by atoms with van der Waals surface area (Å²) in [6.07, 6.45) is 1.49. The highest BCUT2D eigenvalue weighted by Gasteiger charge is 2.21. The van der Waals surface area contributed by atoms with Gasteiger partial charge in [-0.2, -0.15) is 4.99 Å². The van der Waals surface area contributed by atoms with Crippen molar-refractivity contribution >= 4 is 59.7 Å². The van der Waals surface area contributed by atoms with Crippen LogP contribution in [0.4, 0.5) is 5.13 Å². The van der Waals surface area contributed by atoms with Crippen LogP contribution in [0, 0.1) is 6.92 Å². The Morgan fingerprint density at radius 2 is 2.07 bits per heavy atom. The largest absolute Gasteiger partial charge is 0.317 e. The SMILES string of the molecule is CCn1c(=NC(=O)CS(=O)(=O)CC(=O)Nc2nccs2)sc2cc(C)ccc21. The Kier molecular flexibility index (Phi) is 6.06. The molecule has 0 bridgehead atoms. The van der Waals surface area contributed by atoms with Gasteiger partial charge < -0.3 is 9.88 Å². The number of benzene rings is 1. The van der Waals surface area contributed by atoms with E-state index >= 15 is 0 Å².